The van der Waals surface area contributed by atoms with Gasteiger partial charge in [-0.15, -0.1) is 0 Å². The van der Waals surface area contributed by atoms with Crippen LogP contribution in [0.5, 0.6) is 0 Å². The van der Waals surface area contributed by atoms with Crippen molar-refractivity contribution in [2.75, 3.05) is 49.6 Å². The number of rotatable bonds is 6. The van der Waals surface area contributed by atoms with Gasteiger partial charge in [0.05, 0.1) is 35.0 Å². The van der Waals surface area contributed by atoms with Crippen LogP contribution >= 0.6 is 0 Å². The van der Waals surface area contributed by atoms with Crippen LogP contribution in [-0.4, -0.2) is 57.2 Å². The zero-order valence-electron chi connectivity index (χ0n) is 17.9. The highest BCUT2D eigenvalue weighted by molar-refractivity contribution is 7.89. The number of halogens is 3. The van der Waals surface area contributed by atoms with Crippen LogP contribution in [0.2, 0.25) is 0 Å². The Hall–Kier alpha value is -2.34. The van der Waals surface area contributed by atoms with E-state index >= 15 is 0 Å². The van der Waals surface area contributed by atoms with Crippen LogP contribution in [-0.2, 0) is 20.9 Å². The van der Waals surface area contributed by atoms with Gasteiger partial charge in [-0.1, -0.05) is 18.2 Å². The fourth-order valence-corrected chi connectivity index (χ4v) is 5.61. The van der Waals surface area contributed by atoms with Crippen molar-refractivity contribution in [1.82, 2.24) is 4.31 Å². The second-order valence-corrected chi connectivity index (χ2v) is 9.96. The average Bonchev–Trinajstić information content (AvgIpc) is 3.34. The number of nitrogens with zero attached hydrogens (tertiary/aromatic N) is 2. The van der Waals surface area contributed by atoms with E-state index in [-0.39, 0.29) is 29.2 Å². The van der Waals surface area contributed by atoms with Crippen LogP contribution in [0, 0.1) is 0 Å². The number of nitrogens with one attached hydrogen (secondary N) is 1. The number of aliphatic hydroxyl groups is 1. The summed E-state index contributed by atoms with van der Waals surface area (Å²) < 4.78 is 73.2. The molecule has 11 heteroatoms. The molecule has 33 heavy (non-hydrogen) atoms. The number of hydrogen-bond acceptors (Lipinski definition) is 6. The third-order valence-electron chi connectivity index (χ3n) is 5.88. The zero-order valence-corrected chi connectivity index (χ0v) is 18.7. The number of ether oxygens (including phenoxy) is 1. The van der Waals surface area contributed by atoms with E-state index in [9.17, 15) is 26.7 Å². The second kappa shape index (κ2) is 9.49. The third kappa shape index (κ3) is 5.11. The van der Waals surface area contributed by atoms with Crippen LogP contribution in [0.15, 0.2) is 47.4 Å². The van der Waals surface area contributed by atoms with Gasteiger partial charge in [-0.05, 0) is 37.1 Å². The van der Waals surface area contributed by atoms with Gasteiger partial charge in [-0.2, -0.15) is 17.5 Å². The predicted octanol–water partition coefficient (Wildman–Crippen LogP) is 3.43. The van der Waals surface area contributed by atoms with Crippen molar-refractivity contribution in [2.24, 2.45) is 0 Å². The molecule has 0 aromatic heterocycles. The lowest BCUT2D eigenvalue weighted by molar-refractivity contribution is -0.139. The number of alkyl halides is 3. The van der Waals surface area contributed by atoms with Crippen molar-refractivity contribution < 1.29 is 31.4 Å². The van der Waals surface area contributed by atoms with E-state index in [2.05, 4.69) is 5.32 Å². The molecule has 2 N–H and O–H groups in total. The van der Waals surface area contributed by atoms with Gasteiger partial charge in [0.25, 0.3) is 0 Å². The van der Waals surface area contributed by atoms with Crippen LogP contribution in [0.4, 0.5) is 24.5 Å². The fraction of sp³-hybridized carbons (Fsp3) is 0.455. The molecule has 7 nitrogen and oxygen atoms in total. The Bertz CT molecular complexity index is 1080. The van der Waals surface area contributed by atoms with Gasteiger partial charge in [-0.3, -0.25) is 0 Å². The number of sulfonamides is 1. The second-order valence-electron chi connectivity index (χ2n) is 8.02. The normalized spacial score (nSPS) is 19.0. The maximum absolute atomic E-state index is 13.5. The summed E-state index contributed by atoms with van der Waals surface area (Å²) in [5.41, 5.74) is -0.392. The molecule has 0 radical (unpaired) electrons. The summed E-state index contributed by atoms with van der Waals surface area (Å²) in [5, 5.41) is 13.5. The lowest BCUT2D eigenvalue weighted by Crippen LogP contribution is -2.40. The van der Waals surface area contributed by atoms with Gasteiger partial charge >= 0.3 is 6.18 Å². The minimum absolute atomic E-state index is 0.00570. The van der Waals surface area contributed by atoms with Gasteiger partial charge < -0.3 is 20.1 Å². The standard InChI is InChI=1S/C22H26F3N3O4S/c23-22(24,25)18-6-2-1-5-17(18)21(29)26-19-15-16(7-8-20(19)27-9-3-4-10-27)33(30,31)28-11-13-32-14-12-28/h1-2,5-8,15,21,26,29H,3-4,9-14H2. The topological polar surface area (TPSA) is 82.1 Å². The van der Waals surface area contributed by atoms with Gasteiger partial charge in [0.15, 0.2) is 6.23 Å². The highest BCUT2D eigenvalue weighted by Gasteiger charge is 2.35. The Kier molecular flexibility index (Phi) is 6.85. The minimum atomic E-state index is -4.64. The Morgan fingerprint density at radius 3 is 2.33 bits per heavy atom. The van der Waals surface area contributed by atoms with E-state index in [0.717, 1.165) is 32.0 Å². The van der Waals surface area contributed by atoms with E-state index in [4.69, 9.17) is 4.74 Å². The van der Waals surface area contributed by atoms with Crippen LogP contribution < -0.4 is 10.2 Å². The maximum atomic E-state index is 13.5. The molecule has 4 rings (SSSR count). The van der Waals surface area contributed by atoms with Crippen molar-refractivity contribution in [3.63, 3.8) is 0 Å². The van der Waals surface area contributed by atoms with Crippen molar-refractivity contribution >= 4 is 21.4 Å². The molecule has 2 aromatic carbocycles. The molecule has 0 bridgehead atoms. The Morgan fingerprint density at radius 1 is 1.00 bits per heavy atom. The molecule has 0 spiro atoms. The molecular weight excluding hydrogens is 459 g/mol. The fourth-order valence-electron chi connectivity index (χ4n) is 4.18. The first-order valence-electron chi connectivity index (χ1n) is 10.8. The highest BCUT2D eigenvalue weighted by Crippen LogP contribution is 2.37. The molecule has 2 aliphatic heterocycles. The first kappa shape index (κ1) is 23.8. The first-order chi connectivity index (χ1) is 15.7. The molecule has 180 valence electrons. The predicted molar refractivity (Wildman–Crippen MR) is 117 cm³/mol. The molecule has 0 aliphatic carbocycles. The molecule has 2 saturated heterocycles. The van der Waals surface area contributed by atoms with Crippen molar-refractivity contribution in [2.45, 2.75) is 30.1 Å². The molecular formula is C22H26F3N3O4S. The summed E-state index contributed by atoms with van der Waals surface area (Å²) in [5.74, 6) is 0. The van der Waals surface area contributed by atoms with Crippen molar-refractivity contribution in [3.8, 4) is 0 Å². The Balaban J connectivity index is 1.70. The number of aliphatic hydroxyl groups excluding tert-OH is 1. The largest absolute Gasteiger partial charge is 0.416 e. The number of anilines is 2. The molecule has 1 atom stereocenters. The lowest BCUT2D eigenvalue weighted by Gasteiger charge is -2.28. The minimum Gasteiger partial charge on any atom is -0.379 e. The summed E-state index contributed by atoms with van der Waals surface area (Å²) in [6, 6.07) is 9.30. The molecule has 0 amide bonds. The maximum Gasteiger partial charge on any atom is 0.416 e. The molecule has 2 fully saturated rings. The summed E-state index contributed by atoms with van der Waals surface area (Å²) in [4.78, 5) is 2.03. The monoisotopic (exact) mass is 485 g/mol. The molecule has 1 unspecified atom stereocenters. The Labute approximate surface area is 190 Å². The molecule has 2 heterocycles. The van der Waals surface area contributed by atoms with E-state index < -0.39 is 28.0 Å². The van der Waals surface area contributed by atoms with Crippen molar-refractivity contribution in [1.29, 1.82) is 0 Å². The average molecular weight is 486 g/mol. The Morgan fingerprint density at radius 2 is 1.67 bits per heavy atom. The van der Waals surface area contributed by atoms with Gasteiger partial charge in [0, 0.05) is 31.7 Å². The summed E-state index contributed by atoms with van der Waals surface area (Å²) in [6.07, 6.45) is -4.43. The quantitative estimate of drug-likeness (QED) is 0.611. The van der Waals surface area contributed by atoms with E-state index in [1.54, 1.807) is 6.07 Å². The molecule has 0 saturated carbocycles. The summed E-state index contributed by atoms with van der Waals surface area (Å²) in [7, 11) is -3.82. The molecule has 2 aliphatic rings. The van der Waals surface area contributed by atoms with Gasteiger partial charge in [-0.25, -0.2) is 8.42 Å². The van der Waals surface area contributed by atoms with Gasteiger partial charge in [0.2, 0.25) is 10.0 Å². The van der Waals surface area contributed by atoms with Crippen LogP contribution in [0.1, 0.15) is 30.2 Å². The van der Waals surface area contributed by atoms with Crippen LogP contribution in [0.3, 0.4) is 0 Å². The third-order valence-corrected chi connectivity index (χ3v) is 7.77. The lowest BCUT2D eigenvalue weighted by atomic mass is 10.1. The van der Waals surface area contributed by atoms with Crippen LogP contribution in [0.25, 0.3) is 0 Å². The number of hydrogen-bond donors (Lipinski definition) is 2. The van der Waals surface area contributed by atoms with E-state index in [1.807, 2.05) is 4.90 Å². The zero-order chi connectivity index (χ0) is 23.6. The smallest absolute Gasteiger partial charge is 0.379 e. The van der Waals surface area contributed by atoms with E-state index in [1.165, 1.54) is 34.6 Å². The summed E-state index contributed by atoms with van der Waals surface area (Å²) in [6.45, 7) is 2.51. The SMILES string of the molecule is O=S(=O)(c1ccc(N2CCCC2)c(NC(O)c2ccccc2C(F)(F)F)c1)N1CCOCC1. The highest BCUT2D eigenvalue weighted by atomic mass is 32.2. The van der Waals surface area contributed by atoms with Crippen molar-refractivity contribution in [3.05, 3.63) is 53.6 Å². The number of benzene rings is 2. The van der Waals surface area contributed by atoms with Gasteiger partial charge in [0.1, 0.15) is 0 Å². The number of morpholine rings is 1. The molecule has 2 aromatic rings. The summed E-state index contributed by atoms with van der Waals surface area (Å²) >= 11 is 0. The van der Waals surface area contributed by atoms with E-state index in [0.29, 0.717) is 18.9 Å². The first-order valence-corrected chi connectivity index (χ1v) is 12.2.